The van der Waals surface area contributed by atoms with Crippen LogP contribution in [0.25, 0.3) is 0 Å². The molecule has 0 aliphatic heterocycles. The van der Waals surface area contributed by atoms with Crippen molar-refractivity contribution < 1.29 is 9.50 Å². The van der Waals surface area contributed by atoms with E-state index >= 15 is 0 Å². The maximum absolute atomic E-state index is 12.6. The van der Waals surface area contributed by atoms with Gasteiger partial charge in [-0.3, -0.25) is 4.98 Å². The molecule has 0 bridgehead atoms. The summed E-state index contributed by atoms with van der Waals surface area (Å²) in [5, 5.41) is 11.8. The number of thiophene rings is 1. The molecule has 0 saturated heterocycles. The summed E-state index contributed by atoms with van der Waals surface area (Å²) in [6.07, 6.45) is 1.93. The number of hydrogen-bond acceptors (Lipinski definition) is 3. The number of rotatable bonds is 4. The molecule has 2 aromatic heterocycles. The molecule has 0 amide bonds. The molecule has 2 rings (SSSR count). The molecule has 2 nitrogen and oxygen atoms in total. The Bertz CT molecular complexity index is 427. The molecule has 1 unspecified atom stereocenters. The minimum Gasteiger partial charge on any atom is -0.387 e. The predicted octanol–water partition coefficient (Wildman–Crippen LogP) is 2.95. The first kappa shape index (κ1) is 11.2. The Balaban J connectivity index is 1.93. The molecular formula is C12H12FNOS. The molecule has 2 heterocycles. The topological polar surface area (TPSA) is 33.1 Å². The number of aliphatic hydroxyl groups is 1. The van der Waals surface area contributed by atoms with Gasteiger partial charge in [-0.05, 0) is 36.4 Å². The minimum absolute atomic E-state index is 0.380. The normalized spacial score (nSPS) is 12.6. The van der Waals surface area contributed by atoms with E-state index in [4.69, 9.17) is 0 Å². The summed E-state index contributed by atoms with van der Waals surface area (Å²) in [5.41, 5.74) is 0.526. The molecule has 0 fully saturated rings. The first-order valence-electron chi connectivity index (χ1n) is 5.07. The van der Waals surface area contributed by atoms with Crippen molar-refractivity contribution in [2.24, 2.45) is 0 Å². The highest BCUT2D eigenvalue weighted by Gasteiger charge is 2.09. The lowest BCUT2D eigenvalue weighted by atomic mass is 10.1. The van der Waals surface area contributed by atoms with Gasteiger partial charge >= 0.3 is 0 Å². The molecule has 16 heavy (non-hydrogen) atoms. The Hall–Kier alpha value is -1.26. The second-order valence-corrected chi connectivity index (χ2v) is 4.57. The van der Waals surface area contributed by atoms with Gasteiger partial charge in [0.2, 0.25) is 0 Å². The number of halogens is 1. The molecule has 0 spiro atoms. The van der Waals surface area contributed by atoms with Gasteiger partial charge in [-0.1, -0.05) is 6.07 Å². The van der Waals surface area contributed by atoms with E-state index in [-0.39, 0.29) is 5.82 Å². The van der Waals surface area contributed by atoms with Crippen molar-refractivity contribution in [3.05, 3.63) is 52.2 Å². The van der Waals surface area contributed by atoms with Gasteiger partial charge in [-0.2, -0.15) is 0 Å². The van der Waals surface area contributed by atoms with Crippen molar-refractivity contribution in [3.8, 4) is 0 Å². The second kappa shape index (κ2) is 5.18. The zero-order chi connectivity index (χ0) is 11.4. The summed E-state index contributed by atoms with van der Waals surface area (Å²) in [6.45, 7) is 0. The monoisotopic (exact) mass is 237 g/mol. The molecule has 1 atom stereocenters. The number of nitrogens with zero attached hydrogens (tertiary/aromatic N) is 1. The van der Waals surface area contributed by atoms with Crippen molar-refractivity contribution in [1.82, 2.24) is 4.98 Å². The van der Waals surface area contributed by atoms with Crippen molar-refractivity contribution in [2.45, 2.75) is 18.9 Å². The van der Waals surface area contributed by atoms with E-state index in [9.17, 15) is 9.50 Å². The van der Waals surface area contributed by atoms with Crippen molar-refractivity contribution in [1.29, 1.82) is 0 Å². The predicted molar refractivity (Wildman–Crippen MR) is 61.8 cm³/mol. The largest absolute Gasteiger partial charge is 0.387 e. The van der Waals surface area contributed by atoms with Crippen LogP contribution in [-0.2, 0) is 6.42 Å². The lowest BCUT2D eigenvalue weighted by molar-refractivity contribution is 0.163. The van der Waals surface area contributed by atoms with Crippen LogP contribution in [0.15, 0.2) is 35.8 Å². The van der Waals surface area contributed by atoms with Gasteiger partial charge in [0.05, 0.1) is 18.0 Å². The third-order valence-electron chi connectivity index (χ3n) is 2.34. The summed E-state index contributed by atoms with van der Waals surface area (Å²) < 4.78 is 12.6. The summed E-state index contributed by atoms with van der Waals surface area (Å²) in [5.74, 6) is -0.380. The van der Waals surface area contributed by atoms with Gasteiger partial charge in [-0.25, -0.2) is 4.39 Å². The van der Waals surface area contributed by atoms with Crippen LogP contribution in [0.3, 0.4) is 0 Å². The fourth-order valence-electron chi connectivity index (χ4n) is 1.47. The molecule has 1 N–H and O–H groups in total. The van der Waals surface area contributed by atoms with E-state index in [0.29, 0.717) is 12.1 Å². The number of pyridine rings is 1. The zero-order valence-corrected chi connectivity index (χ0v) is 9.45. The highest BCUT2D eigenvalue weighted by atomic mass is 32.1. The maximum Gasteiger partial charge on any atom is 0.141 e. The van der Waals surface area contributed by atoms with Gasteiger partial charge in [0.15, 0.2) is 0 Å². The number of aryl methyl sites for hydroxylation is 1. The van der Waals surface area contributed by atoms with E-state index in [1.54, 1.807) is 11.3 Å². The van der Waals surface area contributed by atoms with Gasteiger partial charge in [-0.15, -0.1) is 11.3 Å². The Morgan fingerprint density at radius 1 is 1.38 bits per heavy atom. The Morgan fingerprint density at radius 2 is 2.25 bits per heavy atom. The SMILES string of the molecule is OC(CCc1cccs1)c1ccc(F)cn1. The summed E-state index contributed by atoms with van der Waals surface area (Å²) in [7, 11) is 0. The number of aromatic nitrogens is 1. The number of aliphatic hydroxyl groups excluding tert-OH is 1. The first-order valence-corrected chi connectivity index (χ1v) is 5.95. The van der Waals surface area contributed by atoms with E-state index in [2.05, 4.69) is 4.98 Å². The standard InChI is InChI=1S/C12H12FNOS/c13-9-3-5-11(14-8-9)12(15)6-4-10-2-1-7-16-10/h1-3,5,7-8,12,15H,4,6H2. The van der Waals surface area contributed by atoms with Gasteiger partial charge < -0.3 is 5.11 Å². The van der Waals surface area contributed by atoms with Crippen LogP contribution in [-0.4, -0.2) is 10.1 Å². The van der Waals surface area contributed by atoms with Crippen LogP contribution < -0.4 is 0 Å². The van der Waals surface area contributed by atoms with E-state index in [1.807, 2.05) is 17.5 Å². The molecule has 0 radical (unpaired) electrons. The zero-order valence-electron chi connectivity index (χ0n) is 8.64. The Morgan fingerprint density at radius 3 is 2.88 bits per heavy atom. The van der Waals surface area contributed by atoms with Gasteiger partial charge in [0.1, 0.15) is 5.82 Å². The lowest BCUT2D eigenvalue weighted by Gasteiger charge is -2.08. The fraction of sp³-hybridized carbons (Fsp3) is 0.250. The maximum atomic E-state index is 12.6. The molecule has 0 aliphatic carbocycles. The summed E-state index contributed by atoms with van der Waals surface area (Å²) >= 11 is 1.67. The average molecular weight is 237 g/mol. The van der Waals surface area contributed by atoms with Crippen molar-refractivity contribution in [2.75, 3.05) is 0 Å². The molecule has 2 aromatic rings. The lowest BCUT2D eigenvalue weighted by Crippen LogP contribution is -2.01. The van der Waals surface area contributed by atoms with Crippen LogP contribution in [0, 0.1) is 5.82 Å². The minimum atomic E-state index is -0.623. The molecule has 0 aliphatic rings. The van der Waals surface area contributed by atoms with Crippen molar-refractivity contribution >= 4 is 11.3 Å². The quantitative estimate of drug-likeness (QED) is 0.886. The Labute approximate surface area is 97.4 Å². The molecule has 84 valence electrons. The first-order chi connectivity index (χ1) is 7.75. The molecular weight excluding hydrogens is 225 g/mol. The van der Waals surface area contributed by atoms with E-state index in [0.717, 1.165) is 12.6 Å². The van der Waals surface area contributed by atoms with Crippen LogP contribution in [0.4, 0.5) is 4.39 Å². The summed E-state index contributed by atoms with van der Waals surface area (Å²) in [6, 6.07) is 6.86. The van der Waals surface area contributed by atoms with Crippen LogP contribution in [0.1, 0.15) is 23.1 Å². The fourth-order valence-corrected chi connectivity index (χ4v) is 2.19. The van der Waals surface area contributed by atoms with Crippen LogP contribution >= 0.6 is 11.3 Å². The van der Waals surface area contributed by atoms with Gasteiger partial charge in [0.25, 0.3) is 0 Å². The highest BCUT2D eigenvalue weighted by Crippen LogP contribution is 2.19. The van der Waals surface area contributed by atoms with Crippen LogP contribution in [0.2, 0.25) is 0 Å². The molecule has 4 heteroatoms. The smallest absolute Gasteiger partial charge is 0.141 e. The Kier molecular flexibility index (Phi) is 3.64. The third-order valence-corrected chi connectivity index (χ3v) is 3.27. The van der Waals surface area contributed by atoms with Crippen LogP contribution in [0.5, 0.6) is 0 Å². The molecule has 0 saturated carbocycles. The highest BCUT2D eigenvalue weighted by molar-refractivity contribution is 7.09. The average Bonchev–Trinajstić information content (AvgIpc) is 2.80. The number of hydrogen-bond donors (Lipinski definition) is 1. The van der Waals surface area contributed by atoms with Gasteiger partial charge in [0, 0.05) is 4.88 Å². The summed E-state index contributed by atoms with van der Waals surface area (Å²) in [4.78, 5) is 5.09. The second-order valence-electron chi connectivity index (χ2n) is 3.54. The van der Waals surface area contributed by atoms with E-state index < -0.39 is 6.10 Å². The molecule has 0 aromatic carbocycles. The van der Waals surface area contributed by atoms with Crippen molar-refractivity contribution in [3.63, 3.8) is 0 Å². The van der Waals surface area contributed by atoms with E-state index in [1.165, 1.54) is 17.0 Å². The third kappa shape index (κ3) is 2.87.